The number of hydrogen-bond donors (Lipinski definition) is 0. The second-order valence-corrected chi connectivity index (χ2v) is 3.66. The average Bonchev–Trinajstić information content (AvgIpc) is 2.46. The molecule has 0 saturated heterocycles. The molecule has 5 heteroatoms. The highest BCUT2D eigenvalue weighted by atomic mass is 32.1. The first-order valence-electron chi connectivity index (χ1n) is 3.63. The van der Waals surface area contributed by atoms with Crippen molar-refractivity contribution in [1.82, 2.24) is 4.98 Å². The summed E-state index contributed by atoms with van der Waals surface area (Å²) in [6.45, 7) is 3.14. The molecular weight excluding hydrogens is 190 g/mol. The maximum absolute atomic E-state index is 11.1. The molecule has 0 atom stereocenters. The molecule has 1 aromatic rings. The predicted molar refractivity (Wildman–Crippen MR) is 48.2 cm³/mol. The van der Waals surface area contributed by atoms with Gasteiger partial charge in [0.05, 0.1) is 12.1 Å². The molecule has 0 aromatic carbocycles. The topological polar surface area (TPSA) is 56.3 Å². The van der Waals surface area contributed by atoms with E-state index in [4.69, 9.17) is 0 Å². The molecule has 0 saturated carbocycles. The molecule has 70 valence electrons. The number of Topliss-reactive ketones (excluding diaryl/α,β-unsaturated/α-hetero) is 1. The minimum absolute atomic E-state index is 0.123. The van der Waals surface area contributed by atoms with Crippen molar-refractivity contribution in [3.63, 3.8) is 0 Å². The molecule has 0 bridgehead atoms. The minimum Gasteiger partial charge on any atom is -0.464 e. The molecule has 0 fully saturated rings. The van der Waals surface area contributed by atoms with Crippen molar-refractivity contribution in [2.75, 3.05) is 7.11 Å². The summed E-state index contributed by atoms with van der Waals surface area (Å²) in [6.07, 6.45) is 0. The number of aromatic nitrogens is 1. The largest absolute Gasteiger partial charge is 0.464 e. The van der Waals surface area contributed by atoms with Crippen LogP contribution in [0.1, 0.15) is 32.1 Å². The Bertz CT molecular complexity index is 356. The fraction of sp³-hybridized carbons (Fsp3) is 0.375. The molecule has 0 unspecified atom stereocenters. The van der Waals surface area contributed by atoms with Gasteiger partial charge in [0.2, 0.25) is 0 Å². The third-order valence-electron chi connectivity index (χ3n) is 1.43. The third-order valence-corrected chi connectivity index (χ3v) is 2.50. The standard InChI is InChI=1S/C8H9NO3S/c1-4(10)7-6(8(11)12-3)9-5(2)13-7/h1-3H3. The van der Waals surface area contributed by atoms with Gasteiger partial charge in [0.15, 0.2) is 11.5 Å². The summed E-state index contributed by atoms with van der Waals surface area (Å²) in [5.41, 5.74) is 0.123. The molecular formula is C8H9NO3S. The second-order valence-electron chi connectivity index (χ2n) is 2.46. The van der Waals surface area contributed by atoms with E-state index in [1.807, 2.05) is 0 Å². The molecule has 0 aliphatic carbocycles. The van der Waals surface area contributed by atoms with Crippen LogP contribution >= 0.6 is 11.3 Å². The van der Waals surface area contributed by atoms with E-state index in [-0.39, 0.29) is 11.5 Å². The summed E-state index contributed by atoms with van der Waals surface area (Å²) in [5.74, 6) is -0.722. The SMILES string of the molecule is COC(=O)c1nc(C)sc1C(C)=O. The van der Waals surface area contributed by atoms with E-state index < -0.39 is 5.97 Å². The molecule has 0 spiro atoms. The zero-order valence-corrected chi connectivity index (χ0v) is 8.40. The van der Waals surface area contributed by atoms with Crippen LogP contribution in [0.5, 0.6) is 0 Å². The monoisotopic (exact) mass is 199 g/mol. The number of ketones is 1. The van der Waals surface area contributed by atoms with Crippen LogP contribution in [0.2, 0.25) is 0 Å². The van der Waals surface area contributed by atoms with Crippen molar-refractivity contribution in [2.24, 2.45) is 0 Å². The fourth-order valence-electron chi connectivity index (χ4n) is 0.901. The van der Waals surface area contributed by atoms with Crippen molar-refractivity contribution in [1.29, 1.82) is 0 Å². The molecule has 0 radical (unpaired) electrons. The number of hydrogen-bond acceptors (Lipinski definition) is 5. The van der Waals surface area contributed by atoms with Gasteiger partial charge in [-0.3, -0.25) is 4.79 Å². The van der Waals surface area contributed by atoms with Crippen molar-refractivity contribution in [3.8, 4) is 0 Å². The summed E-state index contributed by atoms with van der Waals surface area (Å²) >= 11 is 1.20. The number of carbonyl (C=O) groups is 2. The lowest BCUT2D eigenvalue weighted by Gasteiger charge is -1.95. The number of nitrogens with zero attached hydrogens (tertiary/aromatic N) is 1. The van der Waals surface area contributed by atoms with Gasteiger partial charge in [-0.15, -0.1) is 11.3 Å². The lowest BCUT2D eigenvalue weighted by atomic mass is 10.3. The number of aryl methyl sites for hydroxylation is 1. The first-order chi connectivity index (χ1) is 6.06. The fourth-order valence-corrected chi connectivity index (χ4v) is 1.70. The quantitative estimate of drug-likeness (QED) is 0.534. The number of thiazole rings is 1. The maximum atomic E-state index is 11.1. The lowest BCUT2D eigenvalue weighted by molar-refractivity contribution is 0.0591. The summed E-state index contributed by atoms with van der Waals surface area (Å²) in [5, 5.41) is 0.686. The van der Waals surface area contributed by atoms with Crippen LogP contribution in [-0.4, -0.2) is 23.8 Å². The van der Waals surface area contributed by atoms with E-state index in [1.165, 1.54) is 25.4 Å². The molecule has 1 aromatic heterocycles. The van der Waals surface area contributed by atoms with E-state index >= 15 is 0 Å². The van der Waals surface area contributed by atoms with Crippen LogP contribution in [0.4, 0.5) is 0 Å². The Morgan fingerprint density at radius 3 is 2.54 bits per heavy atom. The summed E-state index contributed by atoms with van der Waals surface area (Å²) < 4.78 is 4.49. The van der Waals surface area contributed by atoms with Crippen LogP contribution < -0.4 is 0 Å². The van der Waals surface area contributed by atoms with Gasteiger partial charge in [0, 0.05) is 6.92 Å². The molecule has 13 heavy (non-hydrogen) atoms. The van der Waals surface area contributed by atoms with Gasteiger partial charge in [-0.1, -0.05) is 0 Å². The summed E-state index contributed by atoms with van der Waals surface area (Å²) in [6, 6.07) is 0. The molecule has 0 aliphatic rings. The normalized spacial score (nSPS) is 9.77. The third kappa shape index (κ3) is 1.92. The van der Waals surface area contributed by atoms with Gasteiger partial charge in [-0.2, -0.15) is 0 Å². The smallest absolute Gasteiger partial charge is 0.358 e. The molecule has 1 heterocycles. The van der Waals surface area contributed by atoms with Gasteiger partial charge in [0.1, 0.15) is 4.88 Å². The van der Waals surface area contributed by atoms with Crippen LogP contribution in [-0.2, 0) is 4.74 Å². The van der Waals surface area contributed by atoms with Crippen LogP contribution in [0.25, 0.3) is 0 Å². The molecule has 0 N–H and O–H groups in total. The van der Waals surface area contributed by atoms with Gasteiger partial charge in [0.25, 0.3) is 0 Å². The molecule has 4 nitrogen and oxygen atoms in total. The highest BCUT2D eigenvalue weighted by Gasteiger charge is 2.19. The van der Waals surface area contributed by atoms with E-state index in [0.29, 0.717) is 9.88 Å². The van der Waals surface area contributed by atoms with Crippen LogP contribution in [0.3, 0.4) is 0 Å². The Hall–Kier alpha value is -1.23. The molecule has 0 aliphatic heterocycles. The van der Waals surface area contributed by atoms with Gasteiger partial charge in [-0.05, 0) is 6.92 Å². The Kier molecular flexibility index (Phi) is 2.77. The Morgan fingerprint density at radius 2 is 2.08 bits per heavy atom. The second kappa shape index (κ2) is 3.66. The van der Waals surface area contributed by atoms with Gasteiger partial charge in [-0.25, -0.2) is 9.78 Å². The van der Waals surface area contributed by atoms with Crippen LogP contribution in [0, 0.1) is 6.92 Å². The average molecular weight is 199 g/mol. The first kappa shape index (κ1) is 9.85. The van der Waals surface area contributed by atoms with Gasteiger partial charge >= 0.3 is 5.97 Å². The van der Waals surface area contributed by atoms with E-state index in [9.17, 15) is 9.59 Å². The number of ether oxygens (including phenoxy) is 1. The predicted octanol–water partition coefficient (Wildman–Crippen LogP) is 1.44. The Labute approximate surface area is 79.6 Å². The highest BCUT2D eigenvalue weighted by Crippen LogP contribution is 2.18. The highest BCUT2D eigenvalue weighted by molar-refractivity contribution is 7.14. The van der Waals surface area contributed by atoms with E-state index in [0.717, 1.165) is 0 Å². The number of rotatable bonds is 2. The zero-order chi connectivity index (χ0) is 10.0. The Morgan fingerprint density at radius 1 is 1.46 bits per heavy atom. The summed E-state index contributed by atoms with van der Waals surface area (Å²) in [4.78, 5) is 26.5. The minimum atomic E-state index is -0.561. The van der Waals surface area contributed by atoms with Crippen molar-refractivity contribution < 1.29 is 14.3 Å². The van der Waals surface area contributed by atoms with Crippen molar-refractivity contribution in [2.45, 2.75) is 13.8 Å². The number of esters is 1. The summed E-state index contributed by atoms with van der Waals surface area (Å²) in [7, 11) is 1.26. The molecule has 0 amide bonds. The van der Waals surface area contributed by atoms with Crippen LogP contribution in [0.15, 0.2) is 0 Å². The maximum Gasteiger partial charge on any atom is 0.358 e. The van der Waals surface area contributed by atoms with E-state index in [2.05, 4.69) is 9.72 Å². The van der Waals surface area contributed by atoms with E-state index in [1.54, 1.807) is 6.92 Å². The first-order valence-corrected chi connectivity index (χ1v) is 4.44. The molecule has 1 rings (SSSR count). The van der Waals surface area contributed by atoms with Crippen molar-refractivity contribution >= 4 is 23.1 Å². The van der Waals surface area contributed by atoms with Gasteiger partial charge < -0.3 is 4.74 Å². The Balaban J connectivity index is 3.19. The number of methoxy groups -OCH3 is 1. The van der Waals surface area contributed by atoms with Crippen molar-refractivity contribution in [3.05, 3.63) is 15.6 Å². The lowest BCUT2D eigenvalue weighted by Crippen LogP contribution is -2.06. The zero-order valence-electron chi connectivity index (χ0n) is 7.58. The number of carbonyl (C=O) groups excluding carboxylic acids is 2.